The summed E-state index contributed by atoms with van der Waals surface area (Å²) in [7, 11) is 0. The standard InChI is InChI=1S/C26H20N2O5/c29-23(20-6-5-16-3-1-2-4-19(16)15-20)24(27-21-11-7-17(8-12-21)25(30)31)28-22-13-9-18(10-14-22)26(32)33/h1-15,24,27-28H,(H,30,31)(H,32,33). The van der Waals surface area contributed by atoms with Crippen LogP contribution in [0.2, 0.25) is 0 Å². The van der Waals surface area contributed by atoms with Crippen molar-refractivity contribution < 1.29 is 24.6 Å². The summed E-state index contributed by atoms with van der Waals surface area (Å²) in [6, 6.07) is 25.3. The van der Waals surface area contributed by atoms with E-state index in [1.165, 1.54) is 24.3 Å². The van der Waals surface area contributed by atoms with Crippen LogP contribution in [-0.2, 0) is 0 Å². The van der Waals surface area contributed by atoms with Crippen LogP contribution < -0.4 is 10.6 Å². The maximum Gasteiger partial charge on any atom is 0.335 e. The highest BCUT2D eigenvalue weighted by Gasteiger charge is 2.21. The summed E-state index contributed by atoms with van der Waals surface area (Å²) in [5.74, 6) is -2.31. The number of fused-ring (bicyclic) bond motifs is 1. The van der Waals surface area contributed by atoms with E-state index in [9.17, 15) is 14.4 Å². The molecule has 33 heavy (non-hydrogen) atoms. The number of carbonyl (C=O) groups is 3. The van der Waals surface area contributed by atoms with Crippen LogP contribution >= 0.6 is 0 Å². The first-order chi connectivity index (χ1) is 15.9. The van der Waals surface area contributed by atoms with E-state index in [0.29, 0.717) is 16.9 Å². The number of carboxylic acids is 2. The number of rotatable bonds is 8. The first-order valence-electron chi connectivity index (χ1n) is 10.1. The van der Waals surface area contributed by atoms with E-state index >= 15 is 0 Å². The molecule has 4 aromatic carbocycles. The second-order valence-corrected chi connectivity index (χ2v) is 7.41. The summed E-state index contributed by atoms with van der Waals surface area (Å²) in [5.41, 5.74) is 1.86. The Bertz CT molecular complexity index is 1270. The number of anilines is 2. The number of carbonyl (C=O) groups excluding carboxylic acids is 1. The Balaban J connectivity index is 1.64. The molecule has 0 amide bonds. The summed E-state index contributed by atoms with van der Waals surface area (Å²) < 4.78 is 0. The van der Waals surface area contributed by atoms with Crippen LogP contribution in [0, 0.1) is 0 Å². The van der Waals surface area contributed by atoms with Gasteiger partial charge in [0.15, 0.2) is 6.17 Å². The van der Waals surface area contributed by atoms with Crippen molar-refractivity contribution in [2.75, 3.05) is 10.6 Å². The lowest BCUT2D eigenvalue weighted by Crippen LogP contribution is -2.37. The van der Waals surface area contributed by atoms with Gasteiger partial charge < -0.3 is 20.8 Å². The van der Waals surface area contributed by atoms with Gasteiger partial charge >= 0.3 is 11.9 Å². The molecule has 0 atom stereocenters. The lowest BCUT2D eigenvalue weighted by atomic mass is 10.0. The molecule has 0 aliphatic carbocycles. The molecule has 0 heterocycles. The fourth-order valence-electron chi connectivity index (χ4n) is 3.43. The predicted molar refractivity (Wildman–Crippen MR) is 126 cm³/mol. The third kappa shape index (κ3) is 4.99. The maximum absolute atomic E-state index is 13.4. The van der Waals surface area contributed by atoms with Gasteiger partial charge in [-0.15, -0.1) is 0 Å². The molecule has 164 valence electrons. The molecule has 0 saturated heterocycles. The lowest BCUT2D eigenvalue weighted by Gasteiger charge is -2.22. The first kappa shape index (κ1) is 21.6. The van der Waals surface area contributed by atoms with Crippen molar-refractivity contribution in [2.45, 2.75) is 6.17 Å². The van der Waals surface area contributed by atoms with E-state index in [4.69, 9.17) is 10.2 Å². The van der Waals surface area contributed by atoms with Gasteiger partial charge in [-0.3, -0.25) is 4.79 Å². The summed E-state index contributed by atoms with van der Waals surface area (Å²) in [5, 5.41) is 26.4. The molecule has 0 aromatic heterocycles. The Morgan fingerprint density at radius 1 is 0.576 bits per heavy atom. The average molecular weight is 440 g/mol. The fourth-order valence-corrected chi connectivity index (χ4v) is 3.43. The van der Waals surface area contributed by atoms with Crippen LogP contribution in [0.5, 0.6) is 0 Å². The highest BCUT2D eigenvalue weighted by Crippen LogP contribution is 2.20. The van der Waals surface area contributed by atoms with E-state index < -0.39 is 18.1 Å². The molecule has 0 bridgehead atoms. The van der Waals surface area contributed by atoms with Crippen LogP contribution in [0.1, 0.15) is 31.1 Å². The van der Waals surface area contributed by atoms with Gasteiger partial charge in [-0.2, -0.15) is 0 Å². The van der Waals surface area contributed by atoms with Gasteiger partial charge in [0.25, 0.3) is 0 Å². The number of carboxylic acid groups (broad SMARTS) is 2. The SMILES string of the molecule is O=C(O)c1ccc(NC(Nc2ccc(C(=O)O)cc2)C(=O)c2ccc3ccccc3c2)cc1. The Morgan fingerprint density at radius 2 is 1.03 bits per heavy atom. The van der Waals surface area contributed by atoms with Crippen LogP contribution in [-0.4, -0.2) is 34.1 Å². The summed E-state index contributed by atoms with van der Waals surface area (Å²) in [6.07, 6.45) is -0.891. The normalized spacial score (nSPS) is 10.7. The van der Waals surface area contributed by atoms with E-state index in [2.05, 4.69) is 10.6 Å². The van der Waals surface area contributed by atoms with Crippen molar-refractivity contribution in [2.24, 2.45) is 0 Å². The Morgan fingerprint density at radius 3 is 1.52 bits per heavy atom. The maximum atomic E-state index is 13.4. The van der Waals surface area contributed by atoms with Crippen LogP contribution in [0.15, 0.2) is 91.0 Å². The van der Waals surface area contributed by atoms with Gasteiger partial charge in [-0.1, -0.05) is 36.4 Å². The third-order valence-electron chi connectivity index (χ3n) is 5.18. The van der Waals surface area contributed by atoms with Crippen molar-refractivity contribution in [3.8, 4) is 0 Å². The zero-order valence-electron chi connectivity index (χ0n) is 17.4. The van der Waals surface area contributed by atoms with E-state index in [-0.39, 0.29) is 16.9 Å². The van der Waals surface area contributed by atoms with Gasteiger partial charge in [-0.25, -0.2) is 9.59 Å². The number of Topliss-reactive ketones (excluding diaryl/α,β-unsaturated/α-hetero) is 1. The van der Waals surface area contributed by atoms with Gasteiger partial charge in [0.1, 0.15) is 0 Å². The van der Waals surface area contributed by atoms with Crippen molar-refractivity contribution >= 4 is 39.9 Å². The molecule has 7 heteroatoms. The molecular weight excluding hydrogens is 420 g/mol. The molecule has 7 nitrogen and oxygen atoms in total. The van der Waals surface area contributed by atoms with Crippen molar-refractivity contribution in [1.82, 2.24) is 0 Å². The third-order valence-corrected chi connectivity index (χ3v) is 5.18. The molecular formula is C26H20N2O5. The number of hydrogen-bond donors (Lipinski definition) is 4. The van der Waals surface area contributed by atoms with Crippen LogP contribution in [0.4, 0.5) is 11.4 Å². The zero-order chi connectivity index (χ0) is 23.4. The number of nitrogens with one attached hydrogen (secondary N) is 2. The molecule has 0 aliphatic heterocycles. The first-order valence-corrected chi connectivity index (χ1v) is 10.1. The second kappa shape index (κ2) is 9.23. The highest BCUT2D eigenvalue weighted by atomic mass is 16.4. The van der Waals surface area contributed by atoms with Crippen molar-refractivity contribution in [1.29, 1.82) is 0 Å². The molecule has 0 aliphatic rings. The van der Waals surface area contributed by atoms with Crippen molar-refractivity contribution in [3.05, 3.63) is 108 Å². The lowest BCUT2D eigenvalue weighted by molar-refractivity contribution is 0.0686. The molecule has 4 rings (SSSR count). The largest absolute Gasteiger partial charge is 0.478 e. The topological polar surface area (TPSA) is 116 Å². The minimum atomic E-state index is -1.04. The van der Waals surface area contributed by atoms with E-state index in [1.54, 1.807) is 30.3 Å². The Kier molecular flexibility index (Phi) is 6.04. The molecule has 0 spiro atoms. The molecule has 0 fully saturated rings. The number of benzene rings is 4. The number of hydrogen-bond acceptors (Lipinski definition) is 5. The predicted octanol–water partition coefficient (Wildman–Crippen LogP) is 4.97. The molecule has 4 N–H and O–H groups in total. The zero-order valence-corrected chi connectivity index (χ0v) is 17.4. The summed E-state index contributed by atoms with van der Waals surface area (Å²) in [4.78, 5) is 35.7. The second-order valence-electron chi connectivity index (χ2n) is 7.41. The molecule has 4 aromatic rings. The minimum absolute atomic E-state index is 0.134. The fraction of sp³-hybridized carbons (Fsp3) is 0.0385. The van der Waals surface area contributed by atoms with E-state index in [1.807, 2.05) is 36.4 Å². The van der Waals surface area contributed by atoms with Crippen LogP contribution in [0.3, 0.4) is 0 Å². The number of aromatic carboxylic acids is 2. The minimum Gasteiger partial charge on any atom is -0.478 e. The average Bonchev–Trinajstić information content (AvgIpc) is 2.83. The highest BCUT2D eigenvalue weighted by molar-refractivity contribution is 6.05. The molecule has 0 radical (unpaired) electrons. The van der Waals surface area contributed by atoms with Crippen molar-refractivity contribution in [3.63, 3.8) is 0 Å². The Hall–Kier alpha value is -4.65. The smallest absolute Gasteiger partial charge is 0.335 e. The molecule has 0 unspecified atom stereocenters. The Labute approximate surface area is 189 Å². The van der Waals surface area contributed by atoms with Crippen LogP contribution in [0.25, 0.3) is 10.8 Å². The number of ketones is 1. The van der Waals surface area contributed by atoms with Gasteiger partial charge in [-0.05, 0) is 65.4 Å². The summed E-state index contributed by atoms with van der Waals surface area (Å²) >= 11 is 0. The quantitative estimate of drug-likeness (QED) is 0.226. The molecule has 0 saturated carbocycles. The monoisotopic (exact) mass is 440 g/mol. The van der Waals surface area contributed by atoms with Gasteiger partial charge in [0, 0.05) is 16.9 Å². The van der Waals surface area contributed by atoms with E-state index in [0.717, 1.165) is 10.8 Å². The van der Waals surface area contributed by atoms with Gasteiger partial charge in [0.05, 0.1) is 11.1 Å². The summed E-state index contributed by atoms with van der Waals surface area (Å²) in [6.45, 7) is 0. The van der Waals surface area contributed by atoms with Gasteiger partial charge in [0.2, 0.25) is 5.78 Å².